The molecule has 1 unspecified atom stereocenters. The maximum absolute atomic E-state index is 12.9. The number of aromatic nitrogens is 2. The van der Waals surface area contributed by atoms with Crippen LogP contribution in [-0.4, -0.2) is 21.6 Å². The first-order valence-corrected chi connectivity index (χ1v) is 4.84. The second kappa shape index (κ2) is 4.15. The molecule has 0 saturated carbocycles. The molecule has 0 aliphatic rings. The smallest absolute Gasteiger partial charge is 0.161 e. The topological polar surface area (TPSA) is 74.9 Å². The lowest BCUT2D eigenvalue weighted by molar-refractivity contribution is 0.162. The lowest BCUT2D eigenvalue weighted by Crippen LogP contribution is -2.07. The van der Waals surface area contributed by atoms with E-state index >= 15 is 0 Å². The Morgan fingerprint density at radius 2 is 2.06 bits per heavy atom. The summed E-state index contributed by atoms with van der Waals surface area (Å²) >= 11 is 0. The Hall–Kier alpha value is -1.53. The number of H-pyrrole nitrogens is 1. The van der Waals surface area contributed by atoms with Crippen LogP contribution in [-0.2, 0) is 0 Å². The summed E-state index contributed by atoms with van der Waals surface area (Å²) in [5.74, 6) is -1.64. The zero-order valence-electron chi connectivity index (χ0n) is 8.37. The number of aliphatic hydroxyl groups excluding tert-OH is 1. The molecule has 1 atom stereocenters. The molecular weight excluding hydrogens is 216 g/mol. The van der Waals surface area contributed by atoms with Crippen LogP contribution in [0.15, 0.2) is 12.1 Å². The van der Waals surface area contributed by atoms with E-state index in [2.05, 4.69) is 9.97 Å². The maximum atomic E-state index is 12.9. The normalized spacial score (nSPS) is 13.2. The lowest BCUT2D eigenvalue weighted by Gasteiger charge is -2.03. The molecule has 0 radical (unpaired) electrons. The highest BCUT2D eigenvalue weighted by atomic mass is 19.2. The quantitative estimate of drug-likeness (QED) is 0.738. The summed E-state index contributed by atoms with van der Waals surface area (Å²) in [5.41, 5.74) is 5.92. The number of nitrogens with two attached hydrogens (primary N) is 1. The van der Waals surface area contributed by atoms with Gasteiger partial charge in [-0.3, -0.25) is 0 Å². The molecule has 0 saturated heterocycles. The number of imidazole rings is 1. The van der Waals surface area contributed by atoms with Gasteiger partial charge in [-0.05, 0) is 13.0 Å². The van der Waals surface area contributed by atoms with Crippen molar-refractivity contribution >= 4 is 11.0 Å². The van der Waals surface area contributed by atoms with Gasteiger partial charge < -0.3 is 15.8 Å². The van der Waals surface area contributed by atoms with Crippen LogP contribution in [0.1, 0.15) is 18.3 Å². The van der Waals surface area contributed by atoms with Crippen molar-refractivity contribution in [2.24, 2.45) is 5.73 Å². The highest BCUT2D eigenvalue weighted by Gasteiger charge is 2.13. The van der Waals surface area contributed by atoms with Crippen molar-refractivity contribution in [1.29, 1.82) is 0 Å². The van der Waals surface area contributed by atoms with Gasteiger partial charge in [-0.2, -0.15) is 0 Å². The van der Waals surface area contributed by atoms with Crippen LogP contribution in [0.25, 0.3) is 11.0 Å². The van der Waals surface area contributed by atoms with Gasteiger partial charge >= 0.3 is 0 Å². The van der Waals surface area contributed by atoms with Crippen LogP contribution in [0, 0.1) is 11.6 Å². The molecule has 0 fully saturated rings. The lowest BCUT2D eigenvalue weighted by atomic mass is 10.2. The fourth-order valence-electron chi connectivity index (χ4n) is 1.48. The van der Waals surface area contributed by atoms with Crippen molar-refractivity contribution in [3.63, 3.8) is 0 Å². The molecule has 1 aromatic heterocycles. The summed E-state index contributed by atoms with van der Waals surface area (Å²) in [6.45, 7) is 0.306. The Kier molecular flexibility index (Phi) is 2.84. The van der Waals surface area contributed by atoms with E-state index in [1.165, 1.54) is 0 Å². The third-order valence-corrected chi connectivity index (χ3v) is 2.30. The summed E-state index contributed by atoms with van der Waals surface area (Å²) in [4.78, 5) is 6.69. The number of rotatable bonds is 3. The molecule has 86 valence electrons. The third kappa shape index (κ3) is 1.89. The molecular formula is C10H11F2N3O. The molecule has 4 N–H and O–H groups in total. The van der Waals surface area contributed by atoms with Gasteiger partial charge in [0.2, 0.25) is 0 Å². The van der Waals surface area contributed by atoms with Gasteiger partial charge in [0.1, 0.15) is 11.9 Å². The predicted molar refractivity (Wildman–Crippen MR) is 54.6 cm³/mol. The number of halogens is 2. The van der Waals surface area contributed by atoms with Crippen LogP contribution < -0.4 is 5.73 Å². The Labute approximate surface area is 90.1 Å². The van der Waals surface area contributed by atoms with Crippen molar-refractivity contribution in [2.75, 3.05) is 6.54 Å². The second-order valence-electron chi connectivity index (χ2n) is 3.50. The molecule has 0 amide bonds. The minimum Gasteiger partial charge on any atom is -0.385 e. The van der Waals surface area contributed by atoms with Crippen molar-refractivity contribution < 1.29 is 13.9 Å². The number of nitrogens with zero attached hydrogens (tertiary/aromatic N) is 1. The molecule has 0 bridgehead atoms. The fraction of sp³-hybridized carbons (Fsp3) is 0.300. The van der Waals surface area contributed by atoms with E-state index in [0.29, 0.717) is 18.5 Å². The van der Waals surface area contributed by atoms with Gasteiger partial charge in [0, 0.05) is 12.1 Å². The van der Waals surface area contributed by atoms with E-state index in [1.807, 2.05) is 0 Å². The van der Waals surface area contributed by atoms with Gasteiger partial charge in [0.25, 0.3) is 0 Å². The first-order valence-electron chi connectivity index (χ1n) is 4.84. The third-order valence-electron chi connectivity index (χ3n) is 2.30. The zero-order chi connectivity index (χ0) is 11.7. The van der Waals surface area contributed by atoms with E-state index in [4.69, 9.17) is 5.73 Å². The van der Waals surface area contributed by atoms with Crippen molar-refractivity contribution in [2.45, 2.75) is 12.5 Å². The highest BCUT2D eigenvalue weighted by molar-refractivity contribution is 5.75. The highest BCUT2D eigenvalue weighted by Crippen LogP contribution is 2.20. The molecule has 0 spiro atoms. The number of nitrogens with one attached hydrogen (secondary N) is 1. The van der Waals surface area contributed by atoms with Crippen molar-refractivity contribution in [3.8, 4) is 0 Å². The molecule has 1 aromatic carbocycles. The summed E-state index contributed by atoms with van der Waals surface area (Å²) in [5, 5.41) is 9.60. The second-order valence-corrected chi connectivity index (χ2v) is 3.50. The maximum Gasteiger partial charge on any atom is 0.161 e. The largest absolute Gasteiger partial charge is 0.385 e. The van der Waals surface area contributed by atoms with Gasteiger partial charge in [0.05, 0.1) is 11.0 Å². The summed E-state index contributed by atoms with van der Waals surface area (Å²) in [6.07, 6.45) is -0.506. The minimum atomic E-state index is -0.959. The minimum absolute atomic E-state index is 0.269. The van der Waals surface area contributed by atoms with Gasteiger partial charge in [-0.15, -0.1) is 0 Å². The van der Waals surface area contributed by atoms with Gasteiger partial charge in [-0.25, -0.2) is 13.8 Å². The number of aliphatic hydroxyl groups is 1. The van der Waals surface area contributed by atoms with E-state index < -0.39 is 17.7 Å². The Bertz CT molecular complexity index is 473. The van der Waals surface area contributed by atoms with Crippen LogP contribution in [0.4, 0.5) is 8.78 Å². The Balaban J connectivity index is 2.43. The van der Waals surface area contributed by atoms with Crippen LogP contribution in [0.2, 0.25) is 0 Å². The Morgan fingerprint density at radius 3 is 2.75 bits per heavy atom. The number of hydrogen-bond acceptors (Lipinski definition) is 3. The van der Waals surface area contributed by atoms with Gasteiger partial charge in [-0.1, -0.05) is 0 Å². The number of aromatic amines is 1. The molecule has 6 heteroatoms. The molecule has 1 heterocycles. The number of fused-ring (bicyclic) bond motifs is 1. The standard InChI is InChI=1S/C10H11F2N3O/c11-5-3-7-8(4-6(5)12)15-10(14-7)9(16)1-2-13/h3-4,9,16H,1-2,13H2,(H,14,15). The molecule has 4 nitrogen and oxygen atoms in total. The molecule has 2 aromatic rings. The van der Waals surface area contributed by atoms with Gasteiger partial charge in [0.15, 0.2) is 11.6 Å². The first-order chi connectivity index (χ1) is 7.61. The predicted octanol–water partition coefficient (Wildman–Crippen LogP) is 1.22. The monoisotopic (exact) mass is 227 g/mol. The molecule has 2 rings (SSSR count). The zero-order valence-corrected chi connectivity index (χ0v) is 8.37. The average Bonchev–Trinajstić information content (AvgIpc) is 2.62. The van der Waals surface area contributed by atoms with E-state index in [-0.39, 0.29) is 11.3 Å². The molecule has 16 heavy (non-hydrogen) atoms. The Morgan fingerprint density at radius 1 is 1.38 bits per heavy atom. The van der Waals surface area contributed by atoms with Crippen LogP contribution >= 0.6 is 0 Å². The van der Waals surface area contributed by atoms with E-state index in [0.717, 1.165) is 12.1 Å². The van der Waals surface area contributed by atoms with Crippen molar-refractivity contribution in [3.05, 3.63) is 29.6 Å². The number of hydrogen-bond donors (Lipinski definition) is 3. The molecule has 0 aliphatic carbocycles. The average molecular weight is 227 g/mol. The van der Waals surface area contributed by atoms with Crippen molar-refractivity contribution in [1.82, 2.24) is 9.97 Å². The molecule has 0 aliphatic heterocycles. The van der Waals surface area contributed by atoms with E-state index in [1.54, 1.807) is 0 Å². The van der Waals surface area contributed by atoms with E-state index in [9.17, 15) is 13.9 Å². The first kappa shape index (κ1) is 11.0. The fourth-order valence-corrected chi connectivity index (χ4v) is 1.48. The van der Waals surface area contributed by atoms with Crippen LogP contribution in [0.3, 0.4) is 0 Å². The van der Waals surface area contributed by atoms with Crippen LogP contribution in [0.5, 0.6) is 0 Å². The summed E-state index contributed by atoms with van der Waals surface area (Å²) < 4.78 is 25.8. The summed E-state index contributed by atoms with van der Waals surface area (Å²) in [7, 11) is 0. The number of benzene rings is 1. The SMILES string of the molecule is NCCC(O)c1nc2cc(F)c(F)cc2[nH]1. The summed E-state index contributed by atoms with van der Waals surface area (Å²) in [6, 6.07) is 2.00.